The average Bonchev–Trinajstić information content (AvgIpc) is 2.22. The largest absolute Gasteiger partial charge is 0.405 e. The zero-order valence-electron chi connectivity index (χ0n) is 11.6. The number of hydrogen-bond donors (Lipinski definition) is 2. The van der Waals surface area contributed by atoms with Crippen molar-refractivity contribution in [3.63, 3.8) is 0 Å². The van der Waals surface area contributed by atoms with E-state index in [0.717, 1.165) is 19.3 Å². The van der Waals surface area contributed by atoms with E-state index in [9.17, 15) is 18.0 Å². The molecular formula is C12H22F3N3O. The van der Waals surface area contributed by atoms with E-state index in [4.69, 9.17) is 0 Å². The Morgan fingerprint density at radius 1 is 1.37 bits per heavy atom. The first-order valence-corrected chi connectivity index (χ1v) is 6.42. The minimum Gasteiger partial charge on any atom is -0.346 e. The molecule has 4 nitrogen and oxygen atoms in total. The highest BCUT2D eigenvalue weighted by Gasteiger charge is 2.39. The number of amides is 1. The smallest absolute Gasteiger partial charge is 0.346 e. The Kier molecular flexibility index (Phi) is 5.20. The van der Waals surface area contributed by atoms with Gasteiger partial charge in [0.2, 0.25) is 5.91 Å². The Bertz CT molecular complexity index is 314. The highest BCUT2D eigenvalue weighted by molar-refractivity contribution is 5.81. The maximum absolute atomic E-state index is 12.0. The van der Waals surface area contributed by atoms with Gasteiger partial charge >= 0.3 is 6.18 Å². The molecule has 0 aliphatic heterocycles. The molecule has 1 fully saturated rings. The molecule has 0 aromatic heterocycles. The fourth-order valence-corrected chi connectivity index (χ4v) is 2.14. The van der Waals surface area contributed by atoms with Gasteiger partial charge in [-0.15, -0.1) is 0 Å². The molecule has 2 N–H and O–H groups in total. The molecular weight excluding hydrogens is 259 g/mol. The lowest BCUT2D eigenvalue weighted by atomic mass is 9.75. The lowest BCUT2D eigenvalue weighted by molar-refractivity contribution is -0.139. The van der Waals surface area contributed by atoms with E-state index in [1.807, 2.05) is 19.4 Å². The normalized spacial score (nSPS) is 19.9. The summed E-state index contributed by atoms with van der Waals surface area (Å²) >= 11 is 0. The van der Waals surface area contributed by atoms with Gasteiger partial charge in [-0.3, -0.25) is 4.79 Å². The summed E-state index contributed by atoms with van der Waals surface area (Å²) in [5.74, 6) is -0.620. The molecule has 7 heteroatoms. The quantitative estimate of drug-likeness (QED) is 0.767. The Hall–Kier alpha value is -0.820. The van der Waals surface area contributed by atoms with Crippen LogP contribution >= 0.6 is 0 Å². The SMILES string of the molecule is CC(NCC1(N(C)C)CCC1)C(=O)NCC(F)(F)F. The van der Waals surface area contributed by atoms with Crippen molar-refractivity contribution in [1.29, 1.82) is 0 Å². The monoisotopic (exact) mass is 281 g/mol. The second kappa shape index (κ2) is 6.09. The maximum atomic E-state index is 12.0. The standard InChI is InChI=1S/C12H22F3N3O/c1-9(10(19)17-8-12(13,14)15)16-7-11(18(2)3)5-4-6-11/h9,16H,4-8H2,1-3H3,(H,17,19). The number of nitrogens with zero attached hydrogens (tertiary/aromatic N) is 1. The van der Waals surface area contributed by atoms with Crippen molar-refractivity contribution >= 4 is 5.91 Å². The van der Waals surface area contributed by atoms with Crippen molar-refractivity contribution in [1.82, 2.24) is 15.5 Å². The average molecular weight is 281 g/mol. The number of nitrogens with one attached hydrogen (secondary N) is 2. The molecule has 1 aliphatic carbocycles. The predicted octanol–water partition coefficient (Wildman–Crippen LogP) is 1.13. The van der Waals surface area contributed by atoms with Crippen LogP contribution in [0.1, 0.15) is 26.2 Å². The molecule has 0 heterocycles. The number of carbonyl (C=O) groups is 1. The summed E-state index contributed by atoms with van der Waals surface area (Å²) in [6.07, 6.45) is -1.13. The Balaban J connectivity index is 2.34. The number of rotatable bonds is 6. The summed E-state index contributed by atoms with van der Waals surface area (Å²) < 4.78 is 35.9. The van der Waals surface area contributed by atoms with Crippen LogP contribution < -0.4 is 10.6 Å². The molecule has 0 spiro atoms. The van der Waals surface area contributed by atoms with E-state index in [2.05, 4.69) is 10.2 Å². The molecule has 1 aliphatic rings. The number of carbonyl (C=O) groups excluding carboxylic acids is 1. The molecule has 1 rings (SSSR count). The lowest BCUT2D eigenvalue weighted by Crippen LogP contribution is -2.59. The summed E-state index contributed by atoms with van der Waals surface area (Å²) in [5, 5.41) is 4.91. The second-order valence-corrected chi connectivity index (χ2v) is 5.41. The zero-order valence-corrected chi connectivity index (χ0v) is 11.6. The Labute approximate surface area is 111 Å². The fourth-order valence-electron chi connectivity index (χ4n) is 2.14. The van der Waals surface area contributed by atoms with Gasteiger partial charge in [-0.1, -0.05) is 0 Å². The van der Waals surface area contributed by atoms with Crippen molar-refractivity contribution in [2.75, 3.05) is 27.2 Å². The van der Waals surface area contributed by atoms with Crippen LogP contribution in [-0.2, 0) is 4.79 Å². The summed E-state index contributed by atoms with van der Waals surface area (Å²) in [6, 6.07) is -0.625. The fraction of sp³-hybridized carbons (Fsp3) is 0.917. The molecule has 1 saturated carbocycles. The maximum Gasteiger partial charge on any atom is 0.405 e. The molecule has 1 atom stereocenters. The van der Waals surface area contributed by atoms with Gasteiger partial charge in [0.05, 0.1) is 6.04 Å². The van der Waals surface area contributed by atoms with Crippen molar-refractivity contribution in [3.8, 4) is 0 Å². The predicted molar refractivity (Wildman–Crippen MR) is 66.8 cm³/mol. The van der Waals surface area contributed by atoms with Gasteiger partial charge in [-0.25, -0.2) is 0 Å². The van der Waals surface area contributed by atoms with Crippen LogP contribution in [0.4, 0.5) is 13.2 Å². The van der Waals surface area contributed by atoms with E-state index in [1.54, 1.807) is 6.92 Å². The lowest BCUT2D eigenvalue weighted by Gasteiger charge is -2.48. The molecule has 112 valence electrons. The summed E-state index contributed by atoms with van der Waals surface area (Å²) in [4.78, 5) is 13.6. The number of alkyl halides is 3. The molecule has 1 unspecified atom stereocenters. The third-order valence-electron chi connectivity index (χ3n) is 3.83. The van der Waals surface area contributed by atoms with Crippen molar-refractivity contribution in [2.24, 2.45) is 0 Å². The number of hydrogen-bond acceptors (Lipinski definition) is 3. The molecule has 0 bridgehead atoms. The number of halogens is 3. The minimum absolute atomic E-state index is 0.0402. The first-order valence-electron chi connectivity index (χ1n) is 6.42. The van der Waals surface area contributed by atoms with E-state index < -0.39 is 24.7 Å². The zero-order chi connectivity index (χ0) is 14.7. The van der Waals surface area contributed by atoms with E-state index in [-0.39, 0.29) is 5.54 Å². The topological polar surface area (TPSA) is 44.4 Å². The first-order chi connectivity index (χ1) is 8.66. The minimum atomic E-state index is -4.37. The molecule has 19 heavy (non-hydrogen) atoms. The van der Waals surface area contributed by atoms with Crippen molar-refractivity contribution in [2.45, 2.75) is 43.9 Å². The highest BCUT2D eigenvalue weighted by Crippen LogP contribution is 2.35. The van der Waals surface area contributed by atoms with Crippen LogP contribution in [0.15, 0.2) is 0 Å². The molecule has 0 saturated heterocycles. The van der Waals surface area contributed by atoms with Crippen LogP contribution in [0, 0.1) is 0 Å². The Morgan fingerprint density at radius 2 is 1.95 bits per heavy atom. The van der Waals surface area contributed by atoms with E-state index in [0.29, 0.717) is 6.54 Å². The Morgan fingerprint density at radius 3 is 2.32 bits per heavy atom. The second-order valence-electron chi connectivity index (χ2n) is 5.41. The van der Waals surface area contributed by atoms with E-state index in [1.165, 1.54) is 0 Å². The van der Waals surface area contributed by atoms with Gasteiger partial charge in [-0.05, 0) is 40.3 Å². The van der Waals surface area contributed by atoms with E-state index >= 15 is 0 Å². The van der Waals surface area contributed by atoms with Crippen LogP contribution in [0.25, 0.3) is 0 Å². The molecule has 0 radical (unpaired) electrons. The highest BCUT2D eigenvalue weighted by atomic mass is 19.4. The van der Waals surface area contributed by atoms with Gasteiger partial charge in [0, 0.05) is 12.1 Å². The third-order valence-corrected chi connectivity index (χ3v) is 3.83. The van der Waals surface area contributed by atoms with Gasteiger partial charge in [0.1, 0.15) is 6.54 Å². The summed E-state index contributed by atoms with van der Waals surface area (Å²) in [7, 11) is 3.96. The number of likely N-dealkylation sites (N-methyl/N-ethyl adjacent to an activating group) is 1. The molecule has 1 amide bonds. The third kappa shape index (κ3) is 4.65. The van der Waals surface area contributed by atoms with Crippen molar-refractivity contribution < 1.29 is 18.0 Å². The van der Waals surface area contributed by atoms with Crippen LogP contribution in [0.5, 0.6) is 0 Å². The van der Waals surface area contributed by atoms with Crippen LogP contribution in [0.2, 0.25) is 0 Å². The summed E-state index contributed by atoms with van der Waals surface area (Å²) in [5.41, 5.74) is 0.0402. The van der Waals surface area contributed by atoms with Crippen molar-refractivity contribution in [3.05, 3.63) is 0 Å². The van der Waals surface area contributed by atoms with Gasteiger partial charge in [-0.2, -0.15) is 13.2 Å². The van der Waals surface area contributed by atoms with Gasteiger partial charge in [0.25, 0.3) is 0 Å². The van der Waals surface area contributed by atoms with Crippen LogP contribution in [-0.4, -0.2) is 55.7 Å². The first kappa shape index (κ1) is 16.2. The van der Waals surface area contributed by atoms with Crippen LogP contribution in [0.3, 0.4) is 0 Å². The summed E-state index contributed by atoms with van der Waals surface area (Å²) in [6.45, 7) is 0.908. The molecule has 0 aromatic rings. The molecule has 0 aromatic carbocycles. The van der Waals surface area contributed by atoms with Gasteiger partial charge in [0.15, 0.2) is 0 Å². The van der Waals surface area contributed by atoms with Gasteiger partial charge < -0.3 is 15.5 Å².